The molecule has 3 nitrogen and oxygen atoms in total. The summed E-state index contributed by atoms with van der Waals surface area (Å²) in [6.07, 6.45) is 2.80. The van der Waals surface area contributed by atoms with E-state index in [2.05, 4.69) is 30.6 Å². The van der Waals surface area contributed by atoms with Gasteiger partial charge in [0.15, 0.2) is 0 Å². The van der Waals surface area contributed by atoms with E-state index >= 15 is 0 Å². The number of hydrogen-bond acceptors (Lipinski definition) is 3. The molecule has 1 unspecified atom stereocenters. The zero-order chi connectivity index (χ0) is 13.0. The van der Waals surface area contributed by atoms with Crippen molar-refractivity contribution in [2.45, 2.75) is 33.6 Å². The molecule has 0 aromatic carbocycles. The van der Waals surface area contributed by atoms with E-state index in [-0.39, 0.29) is 0 Å². The Bertz CT molecular complexity index is 249. The highest BCUT2D eigenvalue weighted by Crippen LogP contribution is 2.23. The van der Waals surface area contributed by atoms with E-state index in [1.807, 2.05) is 0 Å². The highest BCUT2D eigenvalue weighted by atomic mass is 16.5. The van der Waals surface area contributed by atoms with E-state index in [4.69, 9.17) is 4.74 Å². The zero-order valence-electron chi connectivity index (χ0n) is 12.5. The third-order valence-electron chi connectivity index (χ3n) is 4.15. The molecule has 2 fully saturated rings. The monoisotopic (exact) mass is 254 g/mol. The van der Waals surface area contributed by atoms with Gasteiger partial charge in [0.1, 0.15) is 0 Å². The van der Waals surface area contributed by atoms with Crippen molar-refractivity contribution in [1.82, 2.24) is 9.80 Å². The highest BCUT2D eigenvalue weighted by Gasteiger charge is 2.27. The topological polar surface area (TPSA) is 15.7 Å². The summed E-state index contributed by atoms with van der Waals surface area (Å²) in [6, 6.07) is 0. The van der Waals surface area contributed by atoms with E-state index in [0.29, 0.717) is 5.41 Å². The number of likely N-dealkylation sites (tertiary alicyclic amines) is 1. The third kappa shape index (κ3) is 4.52. The summed E-state index contributed by atoms with van der Waals surface area (Å²) in [5.74, 6) is 0.887. The Kier molecular flexibility index (Phi) is 5.05. The van der Waals surface area contributed by atoms with Crippen LogP contribution < -0.4 is 0 Å². The lowest BCUT2D eigenvalue weighted by atomic mass is 9.89. The Morgan fingerprint density at radius 3 is 2.39 bits per heavy atom. The Morgan fingerprint density at radius 2 is 1.72 bits per heavy atom. The van der Waals surface area contributed by atoms with Crippen molar-refractivity contribution in [3.05, 3.63) is 0 Å². The summed E-state index contributed by atoms with van der Waals surface area (Å²) in [5, 5.41) is 0. The van der Waals surface area contributed by atoms with Gasteiger partial charge in [0.05, 0.1) is 13.2 Å². The van der Waals surface area contributed by atoms with Crippen LogP contribution in [0.5, 0.6) is 0 Å². The maximum absolute atomic E-state index is 5.43. The Balaban J connectivity index is 1.78. The van der Waals surface area contributed by atoms with Crippen molar-refractivity contribution >= 4 is 0 Å². The first-order valence-corrected chi connectivity index (χ1v) is 7.58. The van der Waals surface area contributed by atoms with Crippen LogP contribution in [-0.2, 0) is 4.74 Å². The molecule has 2 rings (SSSR count). The number of hydrogen-bond donors (Lipinski definition) is 0. The maximum Gasteiger partial charge on any atom is 0.0594 e. The van der Waals surface area contributed by atoms with Crippen molar-refractivity contribution in [2.75, 3.05) is 52.5 Å². The number of morpholine rings is 1. The maximum atomic E-state index is 5.43. The van der Waals surface area contributed by atoms with E-state index < -0.39 is 0 Å². The van der Waals surface area contributed by atoms with Gasteiger partial charge in [0, 0.05) is 32.7 Å². The lowest BCUT2D eigenvalue weighted by Gasteiger charge is -2.40. The summed E-state index contributed by atoms with van der Waals surface area (Å²) < 4.78 is 5.43. The van der Waals surface area contributed by atoms with Crippen LogP contribution in [0, 0.1) is 11.3 Å². The molecule has 0 radical (unpaired) electrons. The van der Waals surface area contributed by atoms with Gasteiger partial charge in [-0.2, -0.15) is 0 Å². The minimum atomic E-state index is 0.397. The smallest absolute Gasteiger partial charge is 0.0594 e. The minimum absolute atomic E-state index is 0.397. The summed E-state index contributed by atoms with van der Waals surface area (Å²) in [6.45, 7) is 16.3. The quantitative estimate of drug-likeness (QED) is 0.764. The molecule has 106 valence electrons. The summed E-state index contributed by atoms with van der Waals surface area (Å²) in [7, 11) is 0. The molecule has 0 amide bonds. The van der Waals surface area contributed by atoms with Gasteiger partial charge in [-0.1, -0.05) is 20.8 Å². The minimum Gasteiger partial charge on any atom is -0.379 e. The standard InChI is InChI=1S/C15H30N2O/c1-14-5-4-6-17(11-14)13-15(2,3)12-16-7-9-18-10-8-16/h14H,4-13H2,1-3H3. The zero-order valence-corrected chi connectivity index (χ0v) is 12.5. The molecule has 1 atom stereocenters. The molecular formula is C15H30N2O. The van der Waals surface area contributed by atoms with E-state index in [0.717, 1.165) is 32.2 Å². The Labute approximate surface area is 112 Å². The van der Waals surface area contributed by atoms with Crippen LogP contribution >= 0.6 is 0 Å². The molecule has 0 N–H and O–H groups in total. The van der Waals surface area contributed by atoms with Crippen LogP contribution in [0.3, 0.4) is 0 Å². The van der Waals surface area contributed by atoms with Crippen LogP contribution in [-0.4, -0.2) is 62.3 Å². The van der Waals surface area contributed by atoms with Gasteiger partial charge in [0.2, 0.25) is 0 Å². The molecule has 2 aliphatic heterocycles. The summed E-state index contributed by atoms with van der Waals surface area (Å²) in [4.78, 5) is 5.24. The lowest BCUT2D eigenvalue weighted by molar-refractivity contribution is 0.0123. The number of rotatable bonds is 4. The van der Waals surface area contributed by atoms with Crippen molar-refractivity contribution in [3.8, 4) is 0 Å². The molecule has 2 aliphatic rings. The highest BCUT2D eigenvalue weighted by molar-refractivity contribution is 4.81. The summed E-state index contributed by atoms with van der Waals surface area (Å²) in [5.41, 5.74) is 0.397. The van der Waals surface area contributed by atoms with Gasteiger partial charge in [-0.05, 0) is 30.7 Å². The van der Waals surface area contributed by atoms with Crippen LogP contribution in [0.15, 0.2) is 0 Å². The Morgan fingerprint density at radius 1 is 1.06 bits per heavy atom. The lowest BCUT2D eigenvalue weighted by Crippen LogP contribution is -2.47. The van der Waals surface area contributed by atoms with E-state index in [1.54, 1.807) is 0 Å². The number of nitrogens with zero attached hydrogens (tertiary/aromatic N) is 2. The van der Waals surface area contributed by atoms with Gasteiger partial charge in [-0.15, -0.1) is 0 Å². The van der Waals surface area contributed by atoms with E-state index in [1.165, 1.54) is 39.0 Å². The molecule has 0 aliphatic carbocycles. The first-order valence-electron chi connectivity index (χ1n) is 7.58. The van der Waals surface area contributed by atoms with E-state index in [9.17, 15) is 0 Å². The average Bonchev–Trinajstić information content (AvgIpc) is 2.28. The van der Waals surface area contributed by atoms with Gasteiger partial charge in [-0.3, -0.25) is 4.90 Å². The second kappa shape index (κ2) is 6.36. The molecule has 0 bridgehead atoms. The molecule has 2 heterocycles. The molecule has 18 heavy (non-hydrogen) atoms. The third-order valence-corrected chi connectivity index (χ3v) is 4.15. The first-order chi connectivity index (χ1) is 8.55. The van der Waals surface area contributed by atoms with Crippen molar-refractivity contribution in [2.24, 2.45) is 11.3 Å². The first kappa shape index (κ1) is 14.3. The average molecular weight is 254 g/mol. The molecule has 0 aromatic rings. The molecule has 2 saturated heterocycles. The predicted octanol–water partition coefficient (Wildman–Crippen LogP) is 2.08. The SMILES string of the molecule is CC1CCCN(CC(C)(C)CN2CCOCC2)C1. The van der Waals surface area contributed by atoms with Gasteiger partial charge < -0.3 is 9.64 Å². The van der Waals surface area contributed by atoms with Crippen LogP contribution in [0.25, 0.3) is 0 Å². The largest absolute Gasteiger partial charge is 0.379 e. The molecule has 0 saturated carbocycles. The van der Waals surface area contributed by atoms with Crippen molar-refractivity contribution in [1.29, 1.82) is 0 Å². The normalized spacial score (nSPS) is 28.5. The molecule has 0 spiro atoms. The second-order valence-corrected chi connectivity index (χ2v) is 7.04. The predicted molar refractivity (Wildman–Crippen MR) is 75.9 cm³/mol. The number of piperidine rings is 1. The fourth-order valence-corrected chi connectivity index (χ4v) is 3.45. The van der Waals surface area contributed by atoms with Gasteiger partial charge in [0.25, 0.3) is 0 Å². The fourth-order valence-electron chi connectivity index (χ4n) is 3.45. The van der Waals surface area contributed by atoms with Gasteiger partial charge >= 0.3 is 0 Å². The summed E-state index contributed by atoms with van der Waals surface area (Å²) >= 11 is 0. The fraction of sp³-hybridized carbons (Fsp3) is 1.00. The van der Waals surface area contributed by atoms with Crippen LogP contribution in [0.4, 0.5) is 0 Å². The van der Waals surface area contributed by atoms with Crippen molar-refractivity contribution in [3.63, 3.8) is 0 Å². The van der Waals surface area contributed by atoms with Gasteiger partial charge in [-0.25, -0.2) is 0 Å². The second-order valence-electron chi connectivity index (χ2n) is 7.04. The molecule has 3 heteroatoms. The molecule has 0 aromatic heterocycles. The van der Waals surface area contributed by atoms with Crippen LogP contribution in [0.1, 0.15) is 33.6 Å². The van der Waals surface area contributed by atoms with Crippen molar-refractivity contribution < 1.29 is 4.74 Å². The van der Waals surface area contributed by atoms with Crippen LogP contribution in [0.2, 0.25) is 0 Å². The number of ether oxygens (including phenoxy) is 1. The molecular weight excluding hydrogens is 224 g/mol. The Hall–Kier alpha value is -0.120.